The number of rotatable bonds is 3. The lowest BCUT2D eigenvalue weighted by molar-refractivity contribution is -0.149. The van der Waals surface area contributed by atoms with Gasteiger partial charge < -0.3 is 9.84 Å². The normalized spacial score (nSPS) is 17.1. The summed E-state index contributed by atoms with van der Waals surface area (Å²) in [4.78, 5) is 14.6. The van der Waals surface area contributed by atoms with Crippen molar-refractivity contribution in [1.29, 1.82) is 5.39 Å². The van der Waals surface area contributed by atoms with E-state index >= 15 is 0 Å². The Kier molecular flexibility index (Phi) is 5.11. The van der Waals surface area contributed by atoms with Crippen LogP contribution in [-0.2, 0) is 9.53 Å². The first-order chi connectivity index (χ1) is 8.83. The minimum absolute atomic E-state index is 0.235. The molecule has 0 atom stereocenters. The van der Waals surface area contributed by atoms with Crippen LogP contribution in [0.3, 0.4) is 0 Å². The third kappa shape index (κ3) is 5.12. The maximum atomic E-state index is 11.8. The fourth-order valence-corrected chi connectivity index (χ4v) is 1.91. The maximum Gasteiger partial charge on any atom is 0.505 e. The van der Waals surface area contributed by atoms with Crippen LogP contribution in [-0.4, -0.2) is 16.7 Å². The van der Waals surface area contributed by atoms with Crippen LogP contribution in [0.25, 0.3) is 4.98 Å². The van der Waals surface area contributed by atoms with Crippen LogP contribution < -0.4 is 0 Å². The fourth-order valence-electron chi connectivity index (χ4n) is 1.91. The van der Waals surface area contributed by atoms with E-state index in [1.807, 2.05) is 0 Å². The highest BCUT2D eigenvalue weighted by atomic mass is 16.6. The molecule has 19 heavy (non-hydrogen) atoms. The molecule has 0 heterocycles. The van der Waals surface area contributed by atoms with E-state index in [-0.39, 0.29) is 12.2 Å². The van der Waals surface area contributed by atoms with Gasteiger partial charge in [0.1, 0.15) is 5.60 Å². The van der Waals surface area contributed by atoms with Crippen molar-refractivity contribution < 1.29 is 14.6 Å². The molecule has 0 unspecified atom stereocenters. The van der Waals surface area contributed by atoms with Crippen molar-refractivity contribution in [3.05, 3.63) is 28.1 Å². The predicted molar refractivity (Wildman–Crippen MR) is 71.8 cm³/mol. The maximum absolute atomic E-state index is 11.8. The zero-order chi connectivity index (χ0) is 14.5. The van der Waals surface area contributed by atoms with E-state index in [1.165, 1.54) is 0 Å². The van der Waals surface area contributed by atoms with Gasteiger partial charge in [-0.3, -0.25) is 0 Å². The third-order valence-corrected chi connectivity index (χ3v) is 2.75. The van der Waals surface area contributed by atoms with Crippen LogP contribution in [0.1, 0.15) is 52.9 Å². The third-order valence-electron chi connectivity index (χ3n) is 2.75. The topological polar surface area (TPSA) is 74.7 Å². The number of hydrogen-bond donors (Lipinski definition) is 1. The van der Waals surface area contributed by atoms with E-state index in [0.717, 1.165) is 31.3 Å². The quantitative estimate of drug-likeness (QED) is 0.276. The highest BCUT2D eigenvalue weighted by molar-refractivity contribution is 5.91. The Morgan fingerprint density at radius 1 is 1.47 bits per heavy atom. The molecular weight excluding hydrogens is 244 g/mol. The second-order valence-electron chi connectivity index (χ2n) is 5.68. The van der Waals surface area contributed by atoms with E-state index in [1.54, 1.807) is 20.8 Å². The van der Waals surface area contributed by atoms with Crippen molar-refractivity contribution in [3.63, 3.8) is 0 Å². The molecule has 0 amide bonds. The molecule has 0 aromatic heterocycles. The molecule has 0 aliphatic heterocycles. The number of nitrogens with zero attached hydrogens (tertiary/aromatic N) is 2. The van der Waals surface area contributed by atoms with Gasteiger partial charge in [-0.1, -0.05) is 11.6 Å². The standard InChI is InChI=1S/C14H20N2O3/c1-14(2,3)19-13(18)12(16-15)11(17)9-10-7-5-4-6-8-10/h7H,4-6,8-9H2,1-3H3/p+1. The number of carbonyl (C=O) groups is 1. The predicted octanol–water partition coefficient (Wildman–Crippen LogP) is 3.84. The Morgan fingerprint density at radius 2 is 2.16 bits per heavy atom. The van der Waals surface area contributed by atoms with Crippen LogP contribution >= 0.6 is 0 Å². The summed E-state index contributed by atoms with van der Waals surface area (Å²) in [6, 6.07) is 0. The Bertz CT molecular complexity index is 450. The molecule has 1 N–H and O–H groups in total. The summed E-state index contributed by atoms with van der Waals surface area (Å²) < 4.78 is 5.07. The van der Waals surface area contributed by atoms with Gasteiger partial charge in [-0.2, -0.15) is 0 Å². The second kappa shape index (κ2) is 6.37. The Morgan fingerprint density at radius 3 is 2.63 bits per heavy atom. The number of ether oxygens (including phenoxy) is 1. The Labute approximate surface area is 113 Å². The van der Waals surface area contributed by atoms with Gasteiger partial charge in [-0.15, -0.1) is 0 Å². The Balaban J connectivity index is 2.81. The molecule has 0 saturated carbocycles. The minimum Gasteiger partial charge on any atom is -0.505 e. The summed E-state index contributed by atoms with van der Waals surface area (Å²) in [6.07, 6.45) is 6.41. The number of hydrogen-bond acceptors (Lipinski definition) is 4. The molecule has 5 heteroatoms. The van der Waals surface area contributed by atoms with E-state index in [4.69, 9.17) is 10.1 Å². The molecule has 5 nitrogen and oxygen atoms in total. The average molecular weight is 265 g/mol. The lowest BCUT2D eigenvalue weighted by Crippen LogP contribution is -2.24. The smallest absolute Gasteiger partial charge is 0.505 e. The monoisotopic (exact) mass is 265 g/mol. The largest absolute Gasteiger partial charge is 0.505 e. The lowest BCUT2D eigenvalue weighted by Gasteiger charge is -2.17. The zero-order valence-electron chi connectivity index (χ0n) is 11.8. The molecule has 0 fully saturated rings. The SMILES string of the molecule is CC(C)(C)OC(=O)/C([N+]#N)=C(\O)CC1=CCCCC1. The highest BCUT2D eigenvalue weighted by Crippen LogP contribution is 2.25. The van der Waals surface area contributed by atoms with Gasteiger partial charge in [-0.05, 0) is 46.5 Å². The first-order valence-electron chi connectivity index (χ1n) is 6.52. The number of esters is 1. The first kappa shape index (κ1) is 15.2. The van der Waals surface area contributed by atoms with Crippen molar-refractivity contribution in [1.82, 2.24) is 0 Å². The van der Waals surface area contributed by atoms with Crippen molar-refractivity contribution >= 4 is 5.97 Å². The van der Waals surface area contributed by atoms with Crippen molar-refractivity contribution in [2.75, 3.05) is 0 Å². The second-order valence-corrected chi connectivity index (χ2v) is 5.68. The molecule has 0 aromatic carbocycles. The number of allylic oxidation sites excluding steroid dienone is 2. The summed E-state index contributed by atoms with van der Waals surface area (Å²) in [5, 5.41) is 18.8. The van der Waals surface area contributed by atoms with Gasteiger partial charge in [0.15, 0.2) is 4.98 Å². The zero-order valence-corrected chi connectivity index (χ0v) is 11.8. The van der Waals surface area contributed by atoms with Crippen molar-refractivity contribution in [3.8, 4) is 0 Å². The fraction of sp³-hybridized carbons (Fsp3) is 0.643. The molecule has 1 rings (SSSR count). The average Bonchev–Trinajstić information content (AvgIpc) is 2.28. The van der Waals surface area contributed by atoms with Crippen LogP contribution in [0.5, 0.6) is 0 Å². The van der Waals surface area contributed by atoms with Crippen molar-refractivity contribution in [2.45, 2.75) is 58.5 Å². The Hall–Kier alpha value is -1.83. The molecule has 0 saturated heterocycles. The summed E-state index contributed by atoms with van der Waals surface area (Å²) in [7, 11) is 0. The molecular formula is C14H21N2O3+. The van der Waals surface area contributed by atoms with E-state index in [0.29, 0.717) is 0 Å². The first-order valence-corrected chi connectivity index (χ1v) is 6.52. The lowest BCUT2D eigenvalue weighted by atomic mass is 9.96. The summed E-state index contributed by atoms with van der Waals surface area (Å²) >= 11 is 0. The number of aliphatic hydroxyl groups is 1. The number of aliphatic hydroxyl groups excluding tert-OH is 1. The molecule has 0 bridgehead atoms. The van der Waals surface area contributed by atoms with Gasteiger partial charge in [-0.25, -0.2) is 4.79 Å². The number of carbonyl (C=O) groups excluding carboxylic acids is 1. The van der Waals surface area contributed by atoms with Gasteiger partial charge in [0, 0.05) is 6.42 Å². The molecule has 104 valence electrons. The van der Waals surface area contributed by atoms with Gasteiger partial charge in [0.2, 0.25) is 11.2 Å². The van der Waals surface area contributed by atoms with Gasteiger partial charge in [0.25, 0.3) is 0 Å². The molecule has 0 spiro atoms. The van der Waals surface area contributed by atoms with Crippen molar-refractivity contribution in [2.24, 2.45) is 0 Å². The molecule has 0 radical (unpaired) electrons. The highest BCUT2D eigenvalue weighted by Gasteiger charge is 2.34. The van der Waals surface area contributed by atoms with E-state index < -0.39 is 17.3 Å². The van der Waals surface area contributed by atoms with Gasteiger partial charge in [0.05, 0.1) is 0 Å². The minimum atomic E-state index is -0.816. The molecule has 0 aromatic rings. The van der Waals surface area contributed by atoms with Crippen LogP contribution in [0.2, 0.25) is 0 Å². The molecule has 1 aliphatic carbocycles. The molecule has 1 aliphatic rings. The van der Waals surface area contributed by atoms with Crippen LogP contribution in [0, 0.1) is 5.39 Å². The van der Waals surface area contributed by atoms with E-state index in [9.17, 15) is 9.90 Å². The summed E-state index contributed by atoms with van der Waals surface area (Å²) in [5.74, 6) is -1.06. The van der Waals surface area contributed by atoms with Crippen LogP contribution in [0.4, 0.5) is 0 Å². The summed E-state index contributed by atoms with van der Waals surface area (Å²) in [6.45, 7) is 5.13. The van der Waals surface area contributed by atoms with Crippen LogP contribution in [0.15, 0.2) is 23.1 Å². The summed E-state index contributed by atoms with van der Waals surface area (Å²) in [5.41, 5.74) is -0.0490. The van der Waals surface area contributed by atoms with Gasteiger partial charge >= 0.3 is 11.7 Å². The number of diazo groups is 1. The van der Waals surface area contributed by atoms with E-state index in [2.05, 4.69) is 11.1 Å².